The van der Waals surface area contributed by atoms with E-state index in [9.17, 15) is 0 Å². The van der Waals surface area contributed by atoms with E-state index in [1.54, 1.807) is 0 Å². The van der Waals surface area contributed by atoms with E-state index in [1.807, 2.05) is 28.8 Å². The number of rotatable bonds is 8. The van der Waals surface area contributed by atoms with Crippen LogP contribution in [0.1, 0.15) is 52.8 Å². The maximum Gasteiger partial charge on any atom is 0.191 e. The van der Waals surface area contributed by atoms with Crippen molar-refractivity contribution in [2.75, 3.05) is 13.2 Å². The van der Waals surface area contributed by atoms with Crippen LogP contribution in [-0.4, -0.2) is 45.9 Å². The van der Waals surface area contributed by atoms with E-state index < -0.39 is 0 Å². The molecule has 27 heavy (non-hydrogen) atoms. The molecule has 0 aromatic carbocycles. The van der Waals surface area contributed by atoms with Crippen LogP contribution in [0.5, 0.6) is 0 Å². The minimum Gasteiger partial charge on any atom is -0.378 e. The van der Waals surface area contributed by atoms with Gasteiger partial charge in [-0.25, -0.2) is 4.99 Å². The zero-order valence-electron chi connectivity index (χ0n) is 16.9. The second-order valence-electron chi connectivity index (χ2n) is 7.71. The zero-order chi connectivity index (χ0) is 19.3. The van der Waals surface area contributed by atoms with Crippen LogP contribution in [0.4, 0.5) is 0 Å². The van der Waals surface area contributed by atoms with Crippen molar-refractivity contribution in [3.63, 3.8) is 0 Å². The number of nitrogens with zero attached hydrogens (tertiary/aromatic N) is 4. The molecule has 2 atom stereocenters. The van der Waals surface area contributed by atoms with Crippen LogP contribution in [0.25, 0.3) is 5.65 Å². The second kappa shape index (κ2) is 8.69. The number of pyridine rings is 1. The van der Waals surface area contributed by atoms with Gasteiger partial charge < -0.3 is 15.4 Å². The summed E-state index contributed by atoms with van der Waals surface area (Å²) in [5.41, 5.74) is 0.929. The van der Waals surface area contributed by atoms with E-state index in [-0.39, 0.29) is 5.41 Å². The fourth-order valence-corrected chi connectivity index (χ4v) is 3.42. The number of hydrogen-bond donors (Lipinski definition) is 2. The van der Waals surface area contributed by atoms with E-state index in [4.69, 9.17) is 9.73 Å². The van der Waals surface area contributed by atoms with E-state index in [0.717, 1.165) is 43.4 Å². The quantitative estimate of drug-likeness (QED) is 0.423. The van der Waals surface area contributed by atoms with Crippen LogP contribution < -0.4 is 10.6 Å². The lowest BCUT2D eigenvalue weighted by atomic mass is 9.64. The number of nitrogens with one attached hydrogen (secondary N) is 2. The lowest BCUT2D eigenvalue weighted by molar-refractivity contribution is -0.113. The van der Waals surface area contributed by atoms with Gasteiger partial charge in [-0.15, -0.1) is 10.2 Å². The molecule has 7 heteroatoms. The first-order valence-corrected chi connectivity index (χ1v) is 10.0. The highest BCUT2D eigenvalue weighted by Gasteiger charge is 2.49. The highest BCUT2D eigenvalue weighted by atomic mass is 16.5. The largest absolute Gasteiger partial charge is 0.378 e. The number of guanidine groups is 1. The Balaban J connectivity index is 1.61. The molecule has 0 radical (unpaired) electrons. The fraction of sp³-hybridized carbons (Fsp3) is 0.650. The smallest absolute Gasteiger partial charge is 0.191 e. The second-order valence-corrected chi connectivity index (χ2v) is 7.71. The monoisotopic (exact) mass is 372 g/mol. The first kappa shape index (κ1) is 19.6. The zero-order valence-corrected chi connectivity index (χ0v) is 16.9. The standard InChI is InChI=1S/C20H32N6O/c1-5-7-12-27-16-13-15(20(16,3)4)23-19(21-6-2)22-14-18-25-24-17-10-8-9-11-26(17)18/h8-11,15-16H,5-7,12-14H2,1-4H3,(H2,21,22,23). The van der Waals surface area contributed by atoms with Gasteiger partial charge in [0.05, 0.1) is 6.10 Å². The molecule has 0 aliphatic heterocycles. The average molecular weight is 373 g/mol. The minimum atomic E-state index is 0.0888. The van der Waals surface area contributed by atoms with Gasteiger partial charge in [0.2, 0.25) is 0 Å². The summed E-state index contributed by atoms with van der Waals surface area (Å²) in [6.07, 6.45) is 5.58. The van der Waals surface area contributed by atoms with Crippen molar-refractivity contribution in [1.82, 2.24) is 25.2 Å². The molecule has 2 aromatic heterocycles. The molecule has 1 fully saturated rings. The predicted octanol–water partition coefficient (Wildman–Crippen LogP) is 2.77. The molecular weight excluding hydrogens is 340 g/mol. The third kappa shape index (κ3) is 4.40. The molecule has 7 nitrogen and oxygen atoms in total. The third-order valence-corrected chi connectivity index (χ3v) is 5.41. The Morgan fingerprint density at radius 1 is 1.33 bits per heavy atom. The van der Waals surface area contributed by atoms with Crippen LogP contribution in [0, 0.1) is 5.41 Å². The van der Waals surface area contributed by atoms with Gasteiger partial charge in [-0.3, -0.25) is 4.40 Å². The summed E-state index contributed by atoms with van der Waals surface area (Å²) in [6.45, 7) is 10.9. The molecule has 0 spiro atoms. The normalized spacial score (nSPS) is 21.9. The number of fused-ring (bicyclic) bond motifs is 1. The third-order valence-electron chi connectivity index (χ3n) is 5.41. The maximum absolute atomic E-state index is 6.05. The van der Waals surface area contributed by atoms with Gasteiger partial charge in [0, 0.05) is 30.8 Å². The molecule has 1 aliphatic carbocycles. The summed E-state index contributed by atoms with van der Waals surface area (Å²) in [7, 11) is 0. The van der Waals surface area contributed by atoms with E-state index in [1.165, 1.54) is 6.42 Å². The summed E-state index contributed by atoms with van der Waals surface area (Å²) in [6, 6.07) is 6.22. The number of unbranched alkanes of at least 4 members (excludes halogenated alkanes) is 1. The first-order valence-electron chi connectivity index (χ1n) is 10.0. The summed E-state index contributed by atoms with van der Waals surface area (Å²) in [5.74, 6) is 1.65. The van der Waals surface area contributed by atoms with Crippen LogP contribution in [0.15, 0.2) is 29.4 Å². The van der Waals surface area contributed by atoms with Crippen LogP contribution >= 0.6 is 0 Å². The molecule has 1 aliphatic rings. The van der Waals surface area contributed by atoms with Crippen molar-refractivity contribution in [1.29, 1.82) is 0 Å². The number of ether oxygens (including phenoxy) is 1. The van der Waals surface area contributed by atoms with Crippen LogP contribution in [0.3, 0.4) is 0 Å². The van der Waals surface area contributed by atoms with Gasteiger partial charge in [-0.05, 0) is 31.9 Å². The molecule has 2 N–H and O–H groups in total. The molecular formula is C20H32N6O. The van der Waals surface area contributed by atoms with Crippen molar-refractivity contribution < 1.29 is 4.74 Å². The lowest BCUT2D eigenvalue weighted by Crippen LogP contribution is -2.63. The molecule has 3 rings (SSSR count). The van der Waals surface area contributed by atoms with Crippen molar-refractivity contribution in [2.45, 2.75) is 65.6 Å². The Morgan fingerprint density at radius 3 is 2.93 bits per heavy atom. The fourth-order valence-electron chi connectivity index (χ4n) is 3.42. The summed E-state index contributed by atoms with van der Waals surface area (Å²) in [5, 5.41) is 15.4. The summed E-state index contributed by atoms with van der Waals surface area (Å²) < 4.78 is 8.02. The van der Waals surface area contributed by atoms with Gasteiger partial charge in [0.25, 0.3) is 0 Å². The Kier molecular flexibility index (Phi) is 6.31. The lowest BCUT2D eigenvalue weighted by Gasteiger charge is -2.52. The van der Waals surface area contributed by atoms with Crippen molar-refractivity contribution in [3.8, 4) is 0 Å². The van der Waals surface area contributed by atoms with Gasteiger partial charge in [-0.1, -0.05) is 33.3 Å². The van der Waals surface area contributed by atoms with E-state index in [2.05, 4.69) is 48.5 Å². The predicted molar refractivity (Wildman–Crippen MR) is 108 cm³/mol. The molecule has 2 aromatic rings. The molecule has 148 valence electrons. The molecule has 2 unspecified atom stereocenters. The molecule has 0 bridgehead atoms. The Labute approximate surface area is 161 Å². The maximum atomic E-state index is 6.05. The highest BCUT2D eigenvalue weighted by molar-refractivity contribution is 5.80. The van der Waals surface area contributed by atoms with Crippen LogP contribution in [0.2, 0.25) is 0 Å². The number of hydrogen-bond acceptors (Lipinski definition) is 4. The average Bonchev–Trinajstić information content (AvgIpc) is 3.08. The minimum absolute atomic E-state index is 0.0888. The summed E-state index contributed by atoms with van der Waals surface area (Å²) in [4.78, 5) is 4.72. The van der Waals surface area contributed by atoms with E-state index >= 15 is 0 Å². The van der Waals surface area contributed by atoms with Gasteiger partial charge in [0.1, 0.15) is 6.54 Å². The van der Waals surface area contributed by atoms with Crippen LogP contribution in [-0.2, 0) is 11.3 Å². The SMILES string of the molecule is CCCCOC1CC(NC(=NCc2nnc3ccccn23)NCC)C1(C)C. The molecule has 0 amide bonds. The Hall–Kier alpha value is -2.15. The van der Waals surface area contributed by atoms with Gasteiger partial charge in [-0.2, -0.15) is 0 Å². The van der Waals surface area contributed by atoms with Gasteiger partial charge >= 0.3 is 0 Å². The van der Waals surface area contributed by atoms with Crippen molar-refractivity contribution >= 4 is 11.6 Å². The number of aliphatic imine (C=N–C) groups is 1. The molecule has 2 heterocycles. The summed E-state index contributed by atoms with van der Waals surface area (Å²) >= 11 is 0. The Morgan fingerprint density at radius 2 is 2.19 bits per heavy atom. The van der Waals surface area contributed by atoms with E-state index in [0.29, 0.717) is 18.7 Å². The van der Waals surface area contributed by atoms with Crippen molar-refractivity contribution in [2.24, 2.45) is 10.4 Å². The number of aromatic nitrogens is 3. The van der Waals surface area contributed by atoms with Crippen molar-refractivity contribution in [3.05, 3.63) is 30.2 Å². The molecule has 0 saturated heterocycles. The first-order chi connectivity index (χ1) is 13.1. The Bertz CT molecular complexity index is 769. The molecule has 1 saturated carbocycles. The topological polar surface area (TPSA) is 75.8 Å². The van der Waals surface area contributed by atoms with Gasteiger partial charge in [0.15, 0.2) is 17.4 Å². The highest BCUT2D eigenvalue weighted by Crippen LogP contribution is 2.42.